The highest BCUT2D eigenvalue weighted by atomic mass is 32.1. The predicted molar refractivity (Wildman–Crippen MR) is 71.5 cm³/mol. The molecule has 2 aromatic rings. The molecule has 0 fully saturated rings. The van der Waals surface area contributed by atoms with Crippen molar-refractivity contribution < 1.29 is 4.74 Å². The molecule has 1 N–H and O–H groups in total. The number of ether oxygens (including phenoxy) is 1. The maximum atomic E-state index is 5.07. The smallest absolute Gasteiger partial charge is 0.207 e. The number of hydrogen-bond acceptors (Lipinski definition) is 6. The molecule has 0 aliphatic rings. The summed E-state index contributed by atoms with van der Waals surface area (Å²) in [7, 11) is 1.69. The topological polar surface area (TPSA) is 64.9 Å². The average molecular weight is 267 g/mol. The van der Waals surface area contributed by atoms with Crippen molar-refractivity contribution in [3.63, 3.8) is 0 Å². The fourth-order valence-corrected chi connectivity index (χ4v) is 2.31. The van der Waals surface area contributed by atoms with Gasteiger partial charge in [-0.05, 0) is 20.8 Å². The molecule has 0 aromatic carbocycles. The molecule has 0 aliphatic heterocycles. The van der Waals surface area contributed by atoms with Gasteiger partial charge in [0.15, 0.2) is 0 Å². The third-order valence-corrected chi connectivity index (χ3v) is 3.37. The molecular formula is C11H17N5OS. The standard InChI is InChI=1S/C11H17N5OS/c1-7-10(13-11-12-9(3)15-18-11)8(2)16(14-7)5-6-17-4/h5-6H2,1-4H3,(H,12,13,15). The zero-order valence-electron chi connectivity index (χ0n) is 11.0. The molecule has 0 unspecified atom stereocenters. The van der Waals surface area contributed by atoms with Crippen LogP contribution in [0.1, 0.15) is 17.2 Å². The van der Waals surface area contributed by atoms with E-state index in [4.69, 9.17) is 4.74 Å². The molecule has 0 bridgehead atoms. The van der Waals surface area contributed by atoms with Crippen molar-refractivity contribution in [3.8, 4) is 0 Å². The minimum absolute atomic E-state index is 0.652. The Bertz CT molecular complexity index is 534. The third kappa shape index (κ3) is 2.68. The minimum Gasteiger partial charge on any atom is -0.383 e. The van der Waals surface area contributed by atoms with E-state index >= 15 is 0 Å². The van der Waals surface area contributed by atoms with Crippen molar-refractivity contribution in [3.05, 3.63) is 17.2 Å². The molecule has 6 nitrogen and oxygen atoms in total. The van der Waals surface area contributed by atoms with Crippen LogP contribution in [0, 0.1) is 20.8 Å². The van der Waals surface area contributed by atoms with Crippen molar-refractivity contribution in [2.24, 2.45) is 0 Å². The number of rotatable bonds is 5. The van der Waals surface area contributed by atoms with Gasteiger partial charge in [0.1, 0.15) is 5.82 Å². The van der Waals surface area contributed by atoms with Gasteiger partial charge < -0.3 is 10.1 Å². The van der Waals surface area contributed by atoms with Crippen molar-refractivity contribution >= 4 is 22.4 Å². The molecule has 7 heteroatoms. The van der Waals surface area contributed by atoms with E-state index in [-0.39, 0.29) is 0 Å². The second-order valence-electron chi connectivity index (χ2n) is 4.03. The summed E-state index contributed by atoms with van der Waals surface area (Å²) in [6, 6.07) is 0. The highest BCUT2D eigenvalue weighted by Gasteiger charge is 2.12. The van der Waals surface area contributed by atoms with Crippen LogP contribution in [-0.4, -0.2) is 32.9 Å². The number of anilines is 2. The fourth-order valence-electron chi connectivity index (χ4n) is 1.73. The summed E-state index contributed by atoms with van der Waals surface area (Å²) in [6.07, 6.45) is 0. The molecule has 2 rings (SSSR count). The van der Waals surface area contributed by atoms with Gasteiger partial charge in [0.25, 0.3) is 0 Å². The first-order valence-electron chi connectivity index (χ1n) is 5.72. The largest absolute Gasteiger partial charge is 0.383 e. The van der Waals surface area contributed by atoms with Crippen LogP contribution in [0.4, 0.5) is 10.8 Å². The van der Waals surface area contributed by atoms with Crippen LogP contribution in [0.2, 0.25) is 0 Å². The molecule has 2 aromatic heterocycles. The fraction of sp³-hybridized carbons (Fsp3) is 0.545. The summed E-state index contributed by atoms with van der Waals surface area (Å²) in [5.74, 6) is 0.782. The summed E-state index contributed by atoms with van der Waals surface area (Å²) in [5, 5.41) is 8.56. The molecule has 18 heavy (non-hydrogen) atoms. The van der Waals surface area contributed by atoms with Crippen molar-refractivity contribution in [2.45, 2.75) is 27.3 Å². The van der Waals surface area contributed by atoms with E-state index in [2.05, 4.69) is 19.8 Å². The summed E-state index contributed by atoms with van der Waals surface area (Å²) in [5.41, 5.74) is 3.04. The maximum Gasteiger partial charge on any atom is 0.207 e. The quantitative estimate of drug-likeness (QED) is 0.898. The summed E-state index contributed by atoms with van der Waals surface area (Å²) >= 11 is 1.35. The molecule has 0 saturated heterocycles. The van der Waals surface area contributed by atoms with E-state index < -0.39 is 0 Å². The van der Waals surface area contributed by atoms with E-state index in [0.717, 1.165) is 34.6 Å². The van der Waals surface area contributed by atoms with Crippen LogP contribution in [0.5, 0.6) is 0 Å². The van der Waals surface area contributed by atoms with Crippen molar-refractivity contribution in [1.82, 2.24) is 19.1 Å². The lowest BCUT2D eigenvalue weighted by Gasteiger charge is -2.04. The van der Waals surface area contributed by atoms with Gasteiger partial charge in [-0.25, -0.2) is 4.98 Å². The van der Waals surface area contributed by atoms with Gasteiger partial charge >= 0.3 is 0 Å². The molecule has 0 spiro atoms. The maximum absolute atomic E-state index is 5.07. The molecule has 0 atom stereocenters. The number of aromatic nitrogens is 4. The predicted octanol–water partition coefficient (Wildman–Crippen LogP) is 2.05. The molecule has 0 radical (unpaired) electrons. The summed E-state index contributed by atoms with van der Waals surface area (Å²) < 4.78 is 11.2. The number of nitrogens with one attached hydrogen (secondary N) is 1. The number of aryl methyl sites for hydroxylation is 2. The van der Waals surface area contributed by atoms with Crippen LogP contribution in [0.25, 0.3) is 0 Å². The van der Waals surface area contributed by atoms with Gasteiger partial charge in [-0.15, -0.1) is 0 Å². The monoisotopic (exact) mass is 267 g/mol. The van der Waals surface area contributed by atoms with E-state index in [1.54, 1.807) is 7.11 Å². The van der Waals surface area contributed by atoms with E-state index in [1.165, 1.54) is 11.5 Å². The van der Waals surface area contributed by atoms with Gasteiger partial charge in [-0.1, -0.05) is 0 Å². The van der Waals surface area contributed by atoms with Gasteiger partial charge in [-0.2, -0.15) is 9.47 Å². The molecule has 0 amide bonds. The normalized spacial score (nSPS) is 10.9. The SMILES string of the molecule is COCCn1nc(C)c(Nc2nc(C)ns2)c1C. The Balaban J connectivity index is 2.19. The van der Waals surface area contributed by atoms with E-state index in [9.17, 15) is 0 Å². The van der Waals surface area contributed by atoms with Gasteiger partial charge in [0, 0.05) is 18.6 Å². The third-order valence-electron chi connectivity index (χ3n) is 2.65. The van der Waals surface area contributed by atoms with Crippen LogP contribution < -0.4 is 5.32 Å². The summed E-state index contributed by atoms with van der Waals surface area (Å²) in [4.78, 5) is 4.29. The zero-order valence-corrected chi connectivity index (χ0v) is 11.8. The highest BCUT2D eigenvalue weighted by Crippen LogP contribution is 2.24. The summed E-state index contributed by atoms with van der Waals surface area (Å²) in [6.45, 7) is 7.29. The lowest BCUT2D eigenvalue weighted by molar-refractivity contribution is 0.182. The Labute approximate surface area is 110 Å². The Kier molecular flexibility index (Phi) is 3.93. The zero-order chi connectivity index (χ0) is 13.1. The van der Waals surface area contributed by atoms with Gasteiger partial charge in [0.2, 0.25) is 5.13 Å². The first-order chi connectivity index (χ1) is 8.61. The first kappa shape index (κ1) is 13.0. The molecule has 0 saturated carbocycles. The van der Waals surface area contributed by atoms with Gasteiger partial charge in [-0.3, -0.25) is 4.68 Å². The Morgan fingerprint density at radius 3 is 2.72 bits per heavy atom. The Morgan fingerprint density at radius 1 is 1.33 bits per heavy atom. The lowest BCUT2D eigenvalue weighted by Crippen LogP contribution is -2.07. The number of nitrogens with zero attached hydrogens (tertiary/aromatic N) is 4. The van der Waals surface area contributed by atoms with Crippen molar-refractivity contribution in [1.29, 1.82) is 0 Å². The van der Waals surface area contributed by atoms with Crippen LogP contribution >= 0.6 is 11.5 Å². The Morgan fingerprint density at radius 2 is 2.11 bits per heavy atom. The second kappa shape index (κ2) is 5.45. The molecular weight excluding hydrogens is 250 g/mol. The van der Waals surface area contributed by atoms with Crippen LogP contribution in [-0.2, 0) is 11.3 Å². The highest BCUT2D eigenvalue weighted by molar-refractivity contribution is 7.09. The van der Waals surface area contributed by atoms with E-state index in [1.807, 2.05) is 25.5 Å². The Hall–Kier alpha value is -1.47. The second-order valence-corrected chi connectivity index (χ2v) is 4.79. The average Bonchev–Trinajstić information content (AvgIpc) is 2.86. The molecule has 0 aliphatic carbocycles. The number of hydrogen-bond donors (Lipinski definition) is 1. The van der Waals surface area contributed by atoms with Crippen LogP contribution in [0.3, 0.4) is 0 Å². The van der Waals surface area contributed by atoms with Gasteiger partial charge in [0.05, 0.1) is 30.2 Å². The van der Waals surface area contributed by atoms with Crippen LogP contribution in [0.15, 0.2) is 0 Å². The lowest BCUT2D eigenvalue weighted by atomic mass is 10.3. The van der Waals surface area contributed by atoms with E-state index in [0.29, 0.717) is 6.61 Å². The van der Waals surface area contributed by atoms with Crippen molar-refractivity contribution in [2.75, 3.05) is 19.0 Å². The molecule has 98 valence electrons. The minimum atomic E-state index is 0.652. The molecule has 2 heterocycles. The first-order valence-corrected chi connectivity index (χ1v) is 6.49. The number of methoxy groups -OCH3 is 1.